The van der Waals surface area contributed by atoms with Crippen LogP contribution in [0.4, 0.5) is 10.1 Å². The second-order valence-electron chi connectivity index (χ2n) is 12.4. The van der Waals surface area contributed by atoms with E-state index in [0.717, 1.165) is 49.0 Å². The van der Waals surface area contributed by atoms with Crippen molar-refractivity contribution >= 4 is 5.69 Å². The molecule has 0 amide bonds. The molecule has 0 radical (unpaired) electrons. The molecular weight excluding hydrogens is 571 g/mol. The van der Waals surface area contributed by atoms with Gasteiger partial charge in [-0.25, -0.2) is 9.40 Å². The van der Waals surface area contributed by atoms with Crippen molar-refractivity contribution in [1.29, 1.82) is 5.26 Å². The van der Waals surface area contributed by atoms with Gasteiger partial charge in [-0.15, -0.1) is 6.58 Å². The molecule has 246 valence electrons. The normalized spacial score (nSPS) is 13.7. The van der Waals surface area contributed by atoms with Crippen molar-refractivity contribution in [2.75, 3.05) is 45.2 Å². The predicted molar refractivity (Wildman–Crippen MR) is 191 cm³/mol. The minimum absolute atomic E-state index is 0.131. The maximum absolute atomic E-state index is 12.5. The number of nitriles is 1. The van der Waals surface area contributed by atoms with Gasteiger partial charge < -0.3 is 20.5 Å². The van der Waals surface area contributed by atoms with Crippen molar-refractivity contribution in [1.82, 2.24) is 20.7 Å². The number of aryl methyl sites for hydroxylation is 1. The third-order valence-electron chi connectivity index (χ3n) is 8.48. The predicted octanol–water partition coefficient (Wildman–Crippen LogP) is 7.53. The second kappa shape index (κ2) is 18.9. The number of likely N-dealkylation sites (N-methyl/N-ethyl adjacent to an activating group) is 2. The number of benzene rings is 3. The van der Waals surface area contributed by atoms with Crippen molar-refractivity contribution in [3.05, 3.63) is 125 Å². The van der Waals surface area contributed by atoms with Gasteiger partial charge in [0.05, 0.1) is 18.2 Å². The Morgan fingerprint density at radius 2 is 1.72 bits per heavy atom. The van der Waals surface area contributed by atoms with E-state index in [1.165, 1.54) is 36.0 Å². The van der Waals surface area contributed by atoms with Gasteiger partial charge in [-0.05, 0) is 79.3 Å². The number of hydrogen-bond acceptors (Lipinski definition) is 6. The highest BCUT2D eigenvalue weighted by atomic mass is 19.1. The van der Waals surface area contributed by atoms with Crippen LogP contribution in [0.15, 0.2) is 91.7 Å². The zero-order valence-electron chi connectivity index (χ0n) is 28.5. The molecule has 5 rings (SSSR count). The van der Waals surface area contributed by atoms with Gasteiger partial charge in [0, 0.05) is 57.2 Å². The third-order valence-corrected chi connectivity index (χ3v) is 8.48. The van der Waals surface area contributed by atoms with E-state index in [2.05, 4.69) is 96.9 Å². The Hall–Kier alpha value is -3.96. The Labute approximate surface area is 277 Å². The first-order valence-electron chi connectivity index (χ1n) is 16.4. The molecule has 0 spiro atoms. The van der Waals surface area contributed by atoms with Crippen molar-refractivity contribution in [3.8, 4) is 6.07 Å². The molecule has 2 aliphatic rings. The van der Waals surface area contributed by atoms with Gasteiger partial charge in [0.2, 0.25) is 0 Å². The van der Waals surface area contributed by atoms with E-state index in [9.17, 15) is 9.65 Å². The topological polar surface area (TPSA) is 57.6 Å². The molecular formula is C39H53FN6. The minimum atomic E-state index is -0.131. The first kappa shape index (κ1) is 36.5. The number of hydrazine groups is 1. The van der Waals surface area contributed by atoms with E-state index in [1.54, 1.807) is 12.1 Å². The summed E-state index contributed by atoms with van der Waals surface area (Å²) >= 11 is 0. The number of fused-ring (bicyclic) bond motifs is 1. The molecule has 3 aromatic carbocycles. The molecule has 2 N–H and O–H groups in total. The number of nitrogens with one attached hydrogen (secondary N) is 2. The molecule has 1 saturated carbocycles. The molecule has 7 heteroatoms. The van der Waals surface area contributed by atoms with Crippen LogP contribution in [-0.2, 0) is 13.1 Å². The highest BCUT2D eigenvalue weighted by molar-refractivity contribution is 5.58. The Bertz CT molecular complexity index is 1400. The Morgan fingerprint density at radius 1 is 1.07 bits per heavy atom. The van der Waals surface area contributed by atoms with Gasteiger partial charge >= 0.3 is 0 Å². The number of anilines is 1. The van der Waals surface area contributed by atoms with E-state index in [4.69, 9.17) is 0 Å². The van der Waals surface area contributed by atoms with E-state index in [0.29, 0.717) is 24.7 Å². The molecule has 46 heavy (non-hydrogen) atoms. The van der Waals surface area contributed by atoms with Crippen LogP contribution in [0.2, 0.25) is 0 Å². The van der Waals surface area contributed by atoms with E-state index in [1.807, 2.05) is 43.5 Å². The molecule has 0 unspecified atom stereocenters. The van der Waals surface area contributed by atoms with E-state index >= 15 is 0 Å². The lowest BCUT2D eigenvalue weighted by molar-refractivity contribution is 0.0283. The minimum Gasteiger partial charge on any atom is -0.362 e. The summed E-state index contributed by atoms with van der Waals surface area (Å²) in [5.41, 5.74) is 7.91. The highest BCUT2D eigenvalue weighted by Gasteiger charge is 2.23. The Balaban J connectivity index is 0.000000246. The quantitative estimate of drug-likeness (QED) is 0.161. The van der Waals surface area contributed by atoms with Crippen molar-refractivity contribution < 1.29 is 4.39 Å². The van der Waals surface area contributed by atoms with Crippen LogP contribution in [0.25, 0.3) is 0 Å². The SMILES string of the molecule is C=CCN(CC(=C)N(C)N1Cc2ccccc2C1)c1cc(C#N)ccc1C.CNCCNC(C)C.Fc1ccc(C2CCC2)cc1. The van der Waals surface area contributed by atoms with Crippen LogP contribution in [0, 0.1) is 24.1 Å². The summed E-state index contributed by atoms with van der Waals surface area (Å²) in [5.74, 6) is 0.587. The van der Waals surface area contributed by atoms with E-state index in [-0.39, 0.29) is 5.82 Å². The van der Waals surface area contributed by atoms with Gasteiger partial charge in [-0.2, -0.15) is 5.26 Å². The van der Waals surface area contributed by atoms with Crippen LogP contribution in [0.1, 0.15) is 66.8 Å². The maximum atomic E-state index is 12.5. The van der Waals surface area contributed by atoms with Crippen LogP contribution < -0.4 is 15.5 Å². The zero-order chi connectivity index (χ0) is 33.5. The summed E-state index contributed by atoms with van der Waals surface area (Å²) in [6.45, 7) is 19.9. The van der Waals surface area contributed by atoms with E-state index < -0.39 is 0 Å². The average Bonchev–Trinajstić information content (AvgIpc) is 3.46. The van der Waals surface area contributed by atoms with Gasteiger partial charge in [0.15, 0.2) is 0 Å². The molecule has 6 nitrogen and oxygen atoms in total. The van der Waals surface area contributed by atoms with Gasteiger partial charge in [0.1, 0.15) is 5.82 Å². The number of rotatable bonds is 12. The van der Waals surface area contributed by atoms with Crippen molar-refractivity contribution in [2.45, 2.75) is 65.1 Å². The third kappa shape index (κ3) is 11.1. The molecule has 0 atom stereocenters. The summed E-state index contributed by atoms with van der Waals surface area (Å²) in [7, 11) is 4.03. The molecule has 0 saturated heterocycles. The highest BCUT2D eigenvalue weighted by Crippen LogP contribution is 2.36. The zero-order valence-corrected chi connectivity index (χ0v) is 28.5. The maximum Gasteiger partial charge on any atom is 0.123 e. The first-order valence-corrected chi connectivity index (χ1v) is 16.4. The van der Waals surface area contributed by atoms with Crippen LogP contribution >= 0.6 is 0 Å². The number of halogens is 1. The summed E-state index contributed by atoms with van der Waals surface area (Å²) < 4.78 is 12.5. The average molecular weight is 625 g/mol. The smallest absolute Gasteiger partial charge is 0.123 e. The number of nitrogens with zero attached hydrogens (tertiary/aromatic N) is 4. The monoisotopic (exact) mass is 624 g/mol. The Morgan fingerprint density at radius 3 is 2.24 bits per heavy atom. The van der Waals surface area contributed by atoms with Crippen molar-refractivity contribution in [3.63, 3.8) is 0 Å². The first-order chi connectivity index (χ1) is 22.2. The number of hydrogen-bond donors (Lipinski definition) is 2. The lowest BCUT2D eigenvalue weighted by Gasteiger charge is -2.35. The molecule has 3 aromatic rings. The van der Waals surface area contributed by atoms with Crippen LogP contribution in [0.5, 0.6) is 0 Å². The fourth-order valence-corrected chi connectivity index (χ4v) is 5.44. The largest absolute Gasteiger partial charge is 0.362 e. The molecule has 1 fully saturated rings. The molecule has 1 aliphatic heterocycles. The van der Waals surface area contributed by atoms with Crippen LogP contribution in [-0.4, -0.2) is 56.3 Å². The summed E-state index contributed by atoms with van der Waals surface area (Å²) in [6, 6.07) is 24.1. The molecule has 0 aromatic heterocycles. The van der Waals surface area contributed by atoms with Gasteiger partial charge in [-0.1, -0.05) is 75.4 Å². The summed E-state index contributed by atoms with van der Waals surface area (Å²) in [6.07, 6.45) is 5.79. The molecule has 1 heterocycles. The standard InChI is InChI=1S/C23H26N4.C10H11F.C6H16N2/c1-5-12-26(23-13-20(14-24)11-10-18(23)2)15-19(3)25(4)27-16-21-8-6-7-9-22(21)17-27;11-10-6-4-9(5-7-10)8-2-1-3-8;1-6(2)8-5-4-7-3/h5-11,13H,1,3,12,15-17H2,2,4H3;4-8H,1-3H2;6-8H,4-5H2,1-3H3. The summed E-state index contributed by atoms with van der Waals surface area (Å²) in [4.78, 5) is 2.21. The lowest BCUT2D eigenvalue weighted by Crippen LogP contribution is -2.39. The van der Waals surface area contributed by atoms with Crippen molar-refractivity contribution in [2.24, 2.45) is 0 Å². The second-order valence-corrected chi connectivity index (χ2v) is 12.4. The fourth-order valence-electron chi connectivity index (χ4n) is 5.44. The Kier molecular flexibility index (Phi) is 15.0. The molecule has 0 bridgehead atoms. The van der Waals surface area contributed by atoms with Gasteiger partial charge in [0.25, 0.3) is 0 Å². The lowest BCUT2D eigenvalue weighted by atomic mass is 9.80. The molecule has 1 aliphatic carbocycles. The fraction of sp³-hybridized carbons (Fsp3) is 0.410. The summed E-state index contributed by atoms with van der Waals surface area (Å²) in [5, 5.41) is 20.0. The van der Waals surface area contributed by atoms with Crippen LogP contribution in [0.3, 0.4) is 0 Å². The van der Waals surface area contributed by atoms with Gasteiger partial charge in [-0.3, -0.25) is 0 Å².